The number of rotatable bonds is 2. The van der Waals surface area contributed by atoms with Crippen molar-refractivity contribution in [3.63, 3.8) is 0 Å². The molecule has 2 aromatic carbocycles. The van der Waals surface area contributed by atoms with Gasteiger partial charge < -0.3 is 5.32 Å². The fourth-order valence-corrected chi connectivity index (χ4v) is 3.33. The Hall–Kier alpha value is -0.800. The Morgan fingerprint density at radius 2 is 1.95 bits per heavy atom. The van der Waals surface area contributed by atoms with E-state index in [9.17, 15) is 0 Å². The molecule has 2 aromatic rings. The van der Waals surface area contributed by atoms with Crippen LogP contribution >= 0.6 is 31.9 Å². The van der Waals surface area contributed by atoms with Crippen molar-refractivity contribution in [1.29, 1.82) is 0 Å². The number of hydrogen-bond acceptors (Lipinski definition) is 1. The summed E-state index contributed by atoms with van der Waals surface area (Å²) < 4.78 is 2.33. The Balaban J connectivity index is 1.84. The van der Waals surface area contributed by atoms with Gasteiger partial charge in [0, 0.05) is 14.6 Å². The maximum Gasteiger partial charge on any atom is 0.0519 e. The third kappa shape index (κ3) is 2.72. The van der Waals surface area contributed by atoms with Crippen LogP contribution in [-0.2, 0) is 6.42 Å². The molecule has 0 heterocycles. The minimum atomic E-state index is 0.434. The van der Waals surface area contributed by atoms with Gasteiger partial charge in [-0.3, -0.25) is 0 Å². The van der Waals surface area contributed by atoms with Gasteiger partial charge in [-0.25, -0.2) is 0 Å². The molecule has 3 heteroatoms. The lowest BCUT2D eigenvalue weighted by Gasteiger charge is -2.16. The van der Waals surface area contributed by atoms with Gasteiger partial charge in [0.2, 0.25) is 0 Å². The first kappa shape index (κ1) is 13.2. The molecule has 0 aromatic heterocycles. The Morgan fingerprint density at radius 1 is 1.11 bits per heavy atom. The van der Waals surface area contributed by atoms with Crippen molar-refractivity contribution < 1.29 is 0 Å². The van der Waals surface area contributed by atoms with Gasteiger partial charge in [-0.1, -0.05) is 37.9 Å². The normalized spacial score (nSPS) is 17.3. The fourth-order valence-electron chi connectivity index (χ4n) is 2.67. The zero-order valence-corrected chi connectivity index (χ0v) is 13.9. The molecule has 0 radical (unpaired) electrons. The predicted molar refractivity (Wildman–Crippen MR) is 87.7 cm³/mol. The van der Waals surface area contributed by atoms with Gasteiger partial charge in [0.15, 0.2) is 0 Å². The number of aryl methyl sites for hydroxylation is 2. The van der Waals surface area contributed by atoms with Gasteiger partial charge in [-0.05, 0) is 66.8 Å². The monoisotopic (exact) mass is 379 g/mol. The van der Waals surface area contributed by atoms with Crippen LogP contribution in [0.4, 0.5) is 5.69 Å². The van der Waals surface area contributed by atoms with Gasteiger partial charge in [-0.2, -0.15) is 0 Å². The summed E-state index contributed by atoms with van der Waals surface area (Å²) in [5.74, 6) is 0. The van der Waals surface area contributed by atoms with E-state index in [-0.39, 0.29) is 0 Å². The molecule has 0 spiro atoms. The highest BCUT2D eigenvalue weighted by Gasteiger charge is 2.22. The van der Waals surface area contributed by atoms with Crippen molar-refractivity contribution in [3.05, 3.63) is 62.0 Å². The van der Waals surface area contributed by atoms with Gasteiger partial charge in [0.05, 0.1) is 6.04 Å². The fraction of sp³-hybridized carbons (Fsp3) is 0.250. The molecule has 0 saturated heterocycles. The van der Waals surface area contributed by atoms with Crippen LogP contribution in [0.15, 0.2) is 45.3 Å². The van der Waals surface area contributed by atoms with Crippen LogP contribution in [0.1, 0.15) is 29.2 Å². The number of fused-ring (bicyclic) bond motifs is 1. The molecule has 1 N–H and O–H groups in total. The molecule has 1 aliphatic carbocycles. The van der Waals surface area contributed by atoms with Crippen LogP contribution in [-0.4, -0.2) is 0 Å². The van der Waals surface area contributed by atoms with Gasteiger partial charge in [0.25, 0.3) is 0 Å². The Labute approximate surface area is 130 Å². The van der Waals surface area contributed by atoms with Crippen LogP contribution in [0.3, 0.4) is 0 Å². The van der Waals surface area contributed by atoms with Crippen molar-refractivity contribution in [2.24, 2.45) is 0 Å². The lowest BCUT2D eigenvalue weighted by atomic mass is 10.1. The van der Waals surface area contributed by atoms with Crippen molar-refractivity contribution in [3.8, 4) is 0 Å². The second-order valence-electron chi connectivity index (χ2n) is 5.04. The van der Waals surface area contributed by atoms with Gasteiger partial charge in [0.1, 0.15) is 0 Å². The maximum atomic E-state index is 3.65. The zero-order chi connectivity index (χ0) is 13.4. The highest BCUT2D eigenvalue weighted by molar-refractivity contribution is 9.10. The lowest BCUT2D eigenvalue weighted by Crippen LogP contribution is -2.07. The minimum Gasteiger partial charge on any atom is -0.378 e. The molecule has 0 amide bonds. The highest BCUT2D eigenvalue weighted by Crippen LogP contribution is 2.35. The van der Waals surface area contributed by atoms with E-state index in [1.807, 2.05) is 0 Å². The van der Waals surface area contributed by atoms with Crippen molar-refractivity contribution >= 4 is 37.5 Å². The molecule has 0 fully saturated rings. The molecule has 19 heavy (non-hydrogen) atoms. The first-order valence-electron chi connectivity index (χ1n) is 6.44. The summed E-state index contributed by atoms with van der Waals surface area (Å²) in [6, 6.07) is 13.5. The van der Waals surface area contributed by atoms with Crippen LogP contribution < -0.4 is 5.32 Å². The van der Waals surface area contributed by atoms with E-state index in [1.165, 1.54) is 33.3 Å². The van der Waals surface area contributed by atoms with Gasteiger partial charge in [-0.15, -0.1) is 0 Å². The molecular formula is C16H15Br2N. The molecule has 1 nitrogen and oxygen atoms in total. The van der Waals surface area contributed by atoms with Crippen molar-refractivity contribution in [2.45, 2.75) is 25.8 Å². The maximum absolute atomic E-state index is 3.65. The highest BCUT2D eigenvalue weighted by atomic mass is 79.9. The molecule has 0 aliphatic heterocycles. The summed E-state index contributed by atoms with van der Waals surface area (Å²) in [5.41, 5.74) is 5.35. The average molecular weight is 381 g/mol. The largest absolute Gasteiger partial charge is 0.378 e. The Bertz CT molecular complexity index is 622. The van der Waals surface area contributed by atoms with Crippen molar-refractivity contribution in [1.82, 2.24) is 0 Å². The number of halogens is 2. The summed E-state index contributed by atoms with van der Waals surface area (Å²) in [7, 11) is 0. The smallest absolute Gasteiger partial charge is 0.0519 e. The van der Waals surface area contributed by atoms with E-state index in [4.69, 9.17) is 0 Å². The second kappa shape index (κ2) is 5.29. The second-order valence-corrected chi connectivity index (χ2v) is 6.81. The molecule has 0 saturated carbocycles. The quantitative estimate of drug-likeness (QED) is 0.712. The Kier molecular flexibility index (Phi) is 3.68. The van der Waals surface area contributed by atoms with Gasteiger partial charge >= 0.3 is 0 Å². The zero-order valence-electron chi connectivity index (χ0n) is 10.7. The lowest BCUT2D eigenvalue weighted by molar-refractivity contribution is 0.762. The van der Waals surface area contributed by atoms with Crippen LogP contribution in [0.25, 0.3) is 0 Å². The molecular weight excluding hydrogens is 366 g/mol. The SMILES string of the molecule is Cc1cc(NC2CCc3cc(Br)ccc32)ccc1Br. The number of hydrogen-bond donors (Lipinski definition) is 1. The number of nitrogens with one attached hydrogen (secondary N) is 1. The first-order valence-corrected chi connectivity index (χ1v) is 8.03. The van der Waals surface area contributed by atoms with E-state index in [0.29, 0.717) is 6.04 Å². The van der Waals surface area contributed by atoms with Crippen molar-refractivity contribution in [2.75, 3.05) is 5.32 Å². The molecule has 0 bridgehead atoms. The molecule has 1 aliphatic rings. The average Bonchev–Trinajstić information content (AvgIpc) is 2.76. The molecule has 1 atom stereocenters. The predicted octanol–water partition coefficient (Wildman–Crippen LogP) is 5.62. The standard InChI is InChI=1S/C16H15Br2N/c1-10-8-13(4-6-15(10)18)19-16-7-2-11-9-12(17)3-5-14(11)16/h3-6,8-9,16,19H,2,7H2,1H3. The molecule has 98 valence electrons. The molecule has 3 rings (SSSR count). The molecule has 1 unspecified atom stereocenters. The summed E-state index contributed by atoms with van der Waals surface area (Å²) in [4.78, 5) is 0. The first-order chi connectivity index (χ1) is 9.13. The third-order valence-corrected chi connectivity index (χ3v) is 5.06. The number of anilines is 1. The van der Waals surface area contributed by atoms with Crippen LogP contribution in [0.2, 0.25) is 0 Å². The van der Waals surface area contributed by atoms with E-state index in [0.717, 1.165) is 10.9 Å². The van der Waals surface area contributed by atoms with Crippen LogP contribution in [0, 0.1) is 6.92 Å². The summed E-state index contributed by atoms with van der Waals surface area (Å²) in [6.07, 6.45) is 2.32. The third-order valence-electron chi connectivity index (χ3n) is 3.68. The Morgan fingerprint density at radius 3 is 2.74 bits per heavy atom. The summed E-state index contributed by atoms with van der Waals surface area (Å²) >= 11 is 7.09. The van der Waals surface area contributed by atoms with E-state index < -0.39 is 0 Å². The van der Waals surface area contributed by atoms with Crippen LogP contribution in [0.5, 0.6) is 0 Å². The minimum absolute atomic E-state index is 0.434. The summed E-state index contributed by atoms with van der Waals surface area (Å²) in [5, 5.41) is 3.65. The van der Waals surface area contributed by atoms with E-state index >= 15 is 0 Å². The summed E-state index contributed by atoms with van der Waals surface area (Å²) in [6.45, 7) is 2.12. The topological polar surface area (TPSA) is 12.0 Å². The van der Waals surface area contributed by atoms with E-state index in [2.05, 4.69) is 80.5 Å². The van der Waals surface area contributed by atoms with E-state index in [1.54, 1.807) is 0 Å². The number of benzene rings is 2.